The second-order valence-corrected chi connectivity index (χ2v) is 6.56. The van der Waals surface area contributed by atoms with E-state index in [-0.39, 0.29) is 24.1 Å². The molecule has 0 radical (unpaired) electrons. The van der Waals surface area contributed by atoms with Crippen LogP contribution in [0.4, 0.5) is 8.78 Å². The molecule has 1 aromatic carbocycles. The maximum Gasteiger partial charge on any atom is 0.387 e. The van der Waals surface area contributed by atoms with Crippen LogP contribution >= 0.6 is 0 Å². The normalized spacial score (nSPS) is 11.5. The zero-order valence-corrected chi connectivity index (χ0v) is 17.6. The number of rotatable bonds is 12. The summed E-state index contributed by atoms with van der Waals surface area (Å²) in [5.41, 5.74) is 0.513. The minimum Gasteiger partial charge on any atom is -0.493 e. The number of carbonyl (C=O) groups is 1. The van der Waals surface area contributed by atoms with E-state index in [1.54, 1.807) is 12.1 Å². The minimum absolute atomic E-state index is 0.0205. The Labute approximate surface area is 171 Å². The van der Waals surface area contributed by atoms with Gasteiger partial charge in [0, 0.05) is 37.2 Å². The average molecular weight is 414 g/mol. The summed E-state index contributed by atoms with van der Waals surface area (Å²) in [7, 11) is 0. The van der Waals surface area contributed by atoms with E-state index in [0.29, 0.717) is 43.5 Å². The van der Waals surface area contributed by atoms with Gasteiger partial charge in [-0.1, -0.05) is 20.8 Å². The third-order valence-corrected chi connectivity index (χ3v) is 3.72. The zero-order valence-electron chi connectivity index (χ0n) is 17.6. The van der Waals surface area contributed by atoms with Crippen LogP contribution in [0.2, 0.25) is 0 Å². The smallest absolute Gasteiger partial charge is 0.387 e. The summed E-state index contributed by atoms with van der Waals surface area (Å²) in [5, 5.41) is 8.98. The number of hydrogen-bond donors (Lipinski definition) is 3. The minimum atomic E-state index is -2.94. The molecule has 0 spiro atoms. The average Bonchev–Trinajstić information content (AvgIpc) is 2.67. The third-order valence-electron chi connectivity index (χ3n) is 3.72. The maximum absolute atomic E-state index is 12.8. The summed E-state index contributed by atoms with van der Waals surface area (Å²) in [6, 6.07) is 4.83. The molecule has 0 unspecified atom stereocenters. The quantitative estimate of drug-likeness (QED) is 0.278. The van der Waals surface area contributed by atoms with Crippen LogP contribution in [-0.4, -0.2) is 44.7 Å². The van der Waals surface area contributed by atoms with Gasteiger partial charge in [0.2, 0.25) is 5.91 Å². The van der Waals surface area contributed by atoms with Crippen molar-refractivity contribution in [2.45, 2.75) is 47.3 Å². The van der Waals surface area contributed by atoms with Crippen LogP contribution in [0.3, 0.4) is 0 Å². The van der Waals surface area contributed by atoms with Crippen molar-refractivity contribution in [3.63, 3.8) is 0 Å². The second kappa shape index (κ2) is 13.6. The van der Waals surface area contributed by atoms with Gasteiger partial charge in [0.1, 0.15) is 11.5 Å². The Morgan fingerprint density at radius 2 is 1.86 bits per heavy atom. The Balaban J connectivity index is 2.76. The second-order valence-electron chi connectivity index (χ2n) is 6.56. The Morgan fingerprint density at radius 1 is 1.14 bits per heavy atom. The Hall–Kier alpha value is -2.58. The van der Waals surface area contributed by atoms with Crippen LogP contribution in [0.25, 0.3) is 0 Å². The molecule has 1 rings (SSSR count). The summed E-state index contributed by atoms with van der Waals surface area (Å²) in [6.07, 6.45) is 0.812. The van der Waals surface area contributed by atoms with Gasteiger partial charge in [0.15, 0.2) is 5.96 Å². The molecule has 0 aliphatic carbocycles. The first-order valence-electron chi connectivity index (χ1n) is 9.87. The molecule has 0 saturated carbocycles. The number of ether oxygens (including phenoxy) is 2. The number of benzene rings is 1. The lowest BCUT2D eigenvalue weighted by molar-refractivity contribution is -0.123. The first kappa shape index (κ1) is 24.5. The molecule has 0 aliphatic rings. The van der Waals surface area contributed by atoms with Crippen LogP contribution in [0.15, 0.2) is 23.2 Å². The van der Waals surface area contributed by atoms with Gasteiger partial charge in [0.05, 0.1) is 13.2 Å². The fraction of sp³-hybridized carbons (Fsp3) is 0.600. The summed E-state index contributed by atoms with van der Waals surface area (Å²) in [5.74, 6) is 0.932. The molecule has 9 heteroatoms. The van der Waals surface area contributed by atoms with Crippen LogP contribution < -0.4 is 25.4 Å². The number of amides is 1. The molecule has 0 bridgehead atoms. The first-order valence-corrected chi connectivity index (χ1v) is 9.87. The molecule has 3 N–H and O–H groups in total. The van der Waals surface area contributed by atoms with Gasteiger partial charge in [0.25, 0.3) is 0 Å². The summed E-state index contributed by atoms with van der Waals surface area (Å²) in [6.45, 7) is 6.80. The number of alkyl halides is 2. The predicted molar refractivity (Wildman–Crippen MR) is 110 cm³/mol. The van der Waals surface area contributed by atoms with Gasteiger partial charge in [-0.05, 0) is 25.5 Å². The molecule has 1 aromatic rings. The van der Waals surface area contributed by atoms with Crippen LogP contribution in [0.5, 0.6) is 11.5 Å². The van der Waals surface area contributed by atoms with Crippen molar-refractivity contribution < 1.29 is 23.0 Å². The lowest BCUT2D eigenvalue weighted by atomic mass is 10.2. The van der Waals surface area contributed by atoms with Crippen LogP contribution in [-0.2, 0) is 11.3 Å². The van der Waals surface area contributed by atoms with Crippen molar-refractivity contribution in [3.8, 4) is 11.5 Å². The molecular weight excluding hydrogens is 382 g/mol. The van der Waals surface area contributed by atoms with E-state index in [4.69, 9.17) is 4.74 Å². The van der Waals surface area contributed by atoms with E-state index in [0.717, 1.165) is 6.42 Å². The SMILES string of the molecule is CCCOc1ccc(CN=C(NCC)NCCNC(=O)C(C)C)c(OC(F)F)c1. The third kappa shape index (κ3) is 9.96. The molecule has 0 aromatic heterocycles. The van der Waals surface area contributed by atoms with Crippen LogP contribution in [0, 0.1) is 5.92 Å². The molecular formula is C20H32F2N4O3. The molecule has 29 heavy (non-hydrogen) atoms. The van der Waals surface area contributed by atoms with Gasteiger partial charge in [-0.2, -0.15) is 8.78 Å². The van der Waals surface area contributed by atoms with E-state index in [1.807, 2.05) is 27.7 Å². The molecule has 0 fully saturated rings. The number of nitrogens with zero attached hydrogens (tertiary/aromatic N) is 1. The Morgan fingerprint density at radius 3 is 2.48 bits per heavy atom. The molecule has 1 amide bonds. The topological polar surface area (TPSA) is 84.0 Å². The fourth-order valence-electron chi connectivity index (χ4n) is 2.26. The van der Waals surface area contributed by atoms with Gasteiger partial charge >= 0.3 is 6.61 Å². The number of halogens is 2. The summed E-state index contributed by atoms with van der Waals surface area (Å²) >= 11 is 0. The lowest BCUT2D eigenvalue weighted by Crippen LogP contribution is -2.42. The summed E-state index contributed by atoms with van der Waals surface area (Å²) in [4.78, 5) is 16.0. The highest BCUT2D eigenvalue weighted by Gasteiger charge is 2.12. The van der Waals surface area contributed by atoms with Crippen molar-refractivity contribution in [1.29, 1.82) is 0 Å². The number of hydrogen-bond acceptors (Lipinski definition) is 4. The molecule has 7 nitrogen and oxygen atoms in total. The number of guanidine groups is 1. The van der Waals surface area contributed by atoms with Crippen molar-refractivity contribution >= 4 is 11.9 Å². The molecule has 164 valence electrons. The van der Waals surface area contributed by atoms with E-state index in [2.05, 4.69) is 25.7 Å². The Bertz CT molecular complexity index is 655. The van der Waals surface area contributed by atoms with Gasteiger partial charge in [-0.15, -0.1) is 0 Å². The predicted octanol–water partition coefficient (Wildman–Crippen LogP) is 2.90. The molecule has 0 saturated heterocycles. The fourth-order valence-corrected chi connectivity index (χ4v) is 2.26. The highest BCUT2D eigenvalue weighted by atomic mass is 19.3. The maximum atomic E-state index is 12.8. The largest absolute Gasteiger partial charge is 0.493 e. The molecule has 0 heterocycles. The highest BCUT2D eigenvalue weighted by molar-refractivity contribution is 5.80. The first-order chi connectivity index (χ1) is 13.9. The standard InChI is InChI=1S/C20H32F2N4O3/c1-5-11-28-16-8-7-15(17(12-16)29-19(21)22)13-26-20(23-6-2)25-10-9-24-18(27)14(3)4/h7-8,12,14,19H,5-6,9-11,13H2,1-4H3,(H,24,27)(H2,23,25,26). The lowest BCUT2D eigenvalue weighted by Gasteiger charge is -2.14. The van der Waals surface area contributed by atoms with Crippen molar-refractivity contribution in [1.82, 2.24) is 16.0 Å². The highest BCUT2D eigenvalue weighted by Crippen LogP contribution is 2.27. The molecule has 0 atom stereocenters. The number of carbonyl (C=O) groups excluding carboxylic acids is 1. The van der Waals surface area contributed by atoms with Crippen molar-refractivity contribution in [3.05, 3.63) is 23.8 Å². The van der Waals surface area contributed by atoms with Gasteiger partial charge < -0.3 is 25.4 Å². The van der Waals surface area contributed by atoms with Crippen molar-refractivity contribution in [2.24, 2.45) is 10.9 Å². The number of aliphatic imine (C=N–C) groups is 1. The van der Waals surface area contributed by atoms with E-state index in [9.17, 15) is 13.6 Å². The monoisotopic (exact) mass is 414 g/mol. The number of nitrogens with one attached hydrogen (secondary N) is 3. The zero-order chi connectivity index (χ0) is 21.6. The van der Waals surface area contributed by atoms with Crippen molar-refractivity contribution in [2.75, 3.05) is 26.2 Å². The van der Waals surface area contributed by atoms with Gasteiger partial charge in [-0.25, -0.2) is 4.99 Å². The van der Waals surface area contributed by atoms with E-state index >= 15 is 0 Å². The van der Waals surface area contributed by atoms with E-state index < -0.39 is 6.61 Å². The molecule has 0 aliphatic heterocycles. The Kier molecular flexibility index (Phi) is 11.4. The summed E-state index contributed by atoms with van der Waals surface area (Å²) < 4.78 is 35.7. The van der Waals surface area contributed by atoms with Crippen LogP contribution in [0.1, 0.15) is 39.7 Å². The van der Waals surface area contributed by atoms with E-state index in [1.165, 1.54) is 6.07 Å². The van der Waals surface area contributed by atoms with Gasteiger partial charge in [-0.3, -0.25) is 4.79 Å².